The standard InChI is InChI=1S/C20H22F3N3O4/c1-12(13-8-16(28-2)19(30-4)17(9-13)29-3)25-26-18(27)11-24-15-7-5-6-14(10-15)20(21,22)23/h5-10,24H,11H2,1-4H3,(H,26,27)/b25-12+. The van der Waals surface area contributed by atoms with E-state index in [2.05, 4.69) is 15.8 Å². The van der Waals surface area contributed by atoms with E-state index in [1.54, 1.807) is 19.1 Å². The highest BCUT2D eigenvalue weighted by Gasteiger charge is 2.30. The first-order valence-electron chi connectivity index (χ1n) is 8.74. The lowest BCUT2D eigenvalue weighted by molar-refractivity contribution is -0.137. The van der Waals surface area contributed by atoms with Crippen molar-refractivity contribution in [2.75, 3.05) is 33.2 Å². The van der Waals surface area contributed by atoms with Crippen molar-refractivity contribution in [2.24, 2.45) is 5.10 Å². The first-order chi connectivity index (χ1) is 14.2. The molecule has 0 radical (unpaired) electrons. The van der Waals surface area contributed by atoms with Crippen LogP contribution in [-0.4, -0.2) is 39.5 Å². The molecule has 0 unspecified atom stereocenters. The molecule has 0 aliphatic rings. The third-order valence-electron chi connectivity index (χ3n) is 4.07. The van der Waals surface area contributed by atoms with Crippen molar-refractivity contribution in [3.8, 4) is 17.2 Å². The van der Waals surface area contributed by atoms with Crippen LogP contribution in [0.5, 0.6) is 17.2 Å². The van der Waals surface area contributed by atoms with Gasteiger partial charge < -0.3 is 19.5 Å². The molecule has 30 heavy (non-hydrogen) atoms. The summed E-state index contributed by atoms with van der Waals surface area (Å²) in [5, 5.41) is 6.65. The predicted molar refractivity (Wildman–Crippen MR) is 106 cm³/mol. The molecule has 0 aliphatic carbocycles. The second kappa shape index (κ2) is 9.86. The zero-order valence-corrected chi connectivity index (χ0v) is 16.9. The minimum atomic E-state index is -4.46. The molecule has 10 heteroatoms. The van der Waals surface area contributed by atoms with Gasteiger partial charge in [-0.1, -0.05) is 6.07 Å². The van der Waals surface area contributed by atoms with Crippen LogP contribution in [0.4, 0.5) is 18.9 Å². The van der Waals surface area contributed by atoms with Crippen molar-refractivity contribution in [2.45, 2.75) is 13.1 Å². The largest absolute Gasteiger partial charge is 0.493 e. The summed E-state index contributed by atoms with van der Waals surface area (Å²) in [4.78, 5) is 12.0. The molecule has 0 saturated carbocycles. The Hall–Kier alpha value is -3.43. The topological polar surface area (TPSA) is 81.2 Å². The van der Waals surface area contributed by atoms with Crippen molar-refractivity contribution >= 4 is 17.3 Å². The molecule has 0 fully saturated rings. The second-order valence-electron chi connectivity index (χ2n) is 6.08. The van der Waals surface area contributed by atoms with Crippen LogP contribution in [0, 0.1) is 0 Å². The normalized spacial score (nSPS) is 11.6. The highest BCUT2D eigenvalue weighted by atomic mass is 19.4. The van der Waals surface area contributed by atoms with E-state index >= 15 is 0 Å². The quantitative estimate of drug-likeness (QED) is 0.498. The number of benzene rings is 2. The van der Waals surface area contributed by atoms with Gasteiger partial charge >= 0.3 is 6.18 Å². The van der Waals surface area contributed by atoms with Gasteiger partial charge in [-0.05, 0) is 37.3 Å². The maximum Gasteiger partial charge on any atom is 0.416 e. The summed E-state index contributed by atoms with van der Waals surface area (Å²) >= 11 is 0. The number of rotatable bonds is 8. The summed E-state index contributed by atoms with van der Waals surface area (Å²) in [6.07, 6.45) is -4.46. The number of hydrogen-bond acceptors (Lipinski definition) is 6. The average Bonchev–Trinajstić information content (AvgIpc) is 2.74. The number of nitrogens with zero attached hydrogens (tertiary/aromatic N) is 1. The zero-order chi connectivity index (χ0) is 22.3. The molecule has 0 heterocycles. The molecule has 162 valence electrons. The van der Waals surface area contributed by atoms with Crippen LogP contribution in [0.3, 0.4) is 0 Å². The first kappa shape index (κ1) is 22.9. The Morgan fingerprint density at radius 2 is 1.67 bits per heavy atom. The first-order valence-corrected chi connectivity index (χ1v) is 8.74. The molecule has 0 saturated heterocycles. The maximum atomic E-state index is 12.7. The van der Waals surface area contributed by atoms with E-state index in [0.717, 1.165) is 12.1 Å². The molecule has 7 nitrogen and oxygen atoms in total. The highest BCUT2D eigenvalue weighted by Crippen LogP contribution is 2.38. The summed E-state index contributed by atoms with van der Waals surface area (Å²) < 4.78 is 54.0. The number of anilines is 1. The van der Waals surface area contributed by atoms with Crippen LogP contribution < -0.4 is 25.0 Å². The number of hydrazone groups is 1. The minimum absolute atomic E-state index is 0.172. The number of alkyl halides is 3. The lowest BCUT2D eigenvalue weighted by atomic mass is 10.1. The fourth-order valence-corrected chi connectivity index (χ4v) is 2.53. The Balaban J connectivity index is 2.05. The fourth-order valence-electron chi connectivity index (χ4n) is 2.53. The zero-order valence-electron chi connectivity index (χ0n) is 16.9. The average molecular weight is 425 g/mol. The van der Waals surface area contributed by atoms with Gasteiger partial charge in [-0.25, -0.2) is 5.43 Å². The molecule has 0 spiro atoms. The number of halogens is 3. The van der Waals surface area contributed by atoms with E-state index in [0.29, 0.717) is 28.5 Å². The summed E-state index contributed by atoms with van der Waals surface area (Å²) in [7, 11) is 4.45. The van der Waals surface area contributed by atoms with Gasteiger partial charge in [0.2, 0.25) is 5.75 Å². The molecular formula is C20H22F3N3O4. The summed E-state index contributed by atoms with van der Waals surface area (Å²) in [6, 6.07) is 7.93. The van der Waals surface area contributed by atoms with E-state index in [1.165, 1.54) is 33.5 Å². The van der Waals surface area contributed by atoms with Gasteiger partial charge in [-0.2, -0.15) is 18.3 Å². The van der Waals surface area contributed by atoms with Gasteiger partial charge in [-0.15, -0.1) is 0 Å². The third kappa shape index (κ3) is 5.79. The van der Waals surface area contributed by atoms with Crippen molar-refractivity contribution in [1.82, 2.24) is 5.43 Å². The maximum absolute atomic E-state index is 12.7. The molecule has 1 amide bonds. The lowest BCUT2D eigenvalue weighted by Gasteiger charge is -2.14. The number of nitrogens with one attached hydrogen (secondary N) is 2. The lowest BCUT2D eigenvalue weighted by Crippen LogP contribution is -2.26. The van der Waals surface area contributed by atoms with Crippen LogP contribution in [0.25, 0.3) is 0 Å². The molecule has 0 bridgehead atoms. The van der Waals surface area contributed by atoms with Crippen LogP contribution in [0.15, 0.2) is 41.5 Å². The molecule has 2 N–H and O–H groups in total. The monoisotopic (exact) mass is 425 g/mol. The van der Waals surface area contributed by atoms with Crippen LogP contribution in [0.1, 0.15) is 18.1 Å². The Morgan fingerprint density at radius 1 is 1.03 bits per heavy atom. The summed E-state index contributed by atoms with van der Waals surface area (Å²) in [6.45, 7) is 1.41. The Kier molecular flexibility index (Phi) is 7.51. The number of carbonyl (C=O) groups is 1. The van der Waals surface area contributed by atoms with Crippen LogP contribution >= 0.6 is 0 Å². The Bertz CT molecular complexity index is 905. The van der Waals surface area contributed by atoms with Gasteiger partial charge in [0.05, 0.1) is 39.1 Å². The van der Waals surface area contributed by atoms with Gasteiger partial charge in [-0.3, -0.25) is 4.79 Å². The highest BCUT2D eigenvalue weighted by molar-refractivity contribution is 6.00. The SMILES string of the molecule is COc1cc(/C(C)=N/NC(=O)CNc2cccc(C(F)(F)F)c2)cc(OC)c1OC. The Labute approximate surface area is 171 Å². The molecule has 0 aromatic heterocycles. The van der Waals surface area contributed by atoms with Gasteiger partial charge in [0.1, 0.15) is 0 Å². The van der Waals surface area contributed by atoms with Crippen molar-refractivity contribution in [3.05, 3.63) is 47.5 Å². The molecule has 0 aliphatic heterocycles. The van der Waals surface area contributed by atoms with E-state index in [1.807, 2.05) is 0 Å². The predicted octanol–water partition coefficient (Wildman–Crippen LogP) is 3.68. The van der Waals surface area contributed by atoms with Crippen molar-refractivity contribution < 1.29 is 32.2 Å². The Morgan fingerprint density at radius 3 is 2.20 bits per heavy atom. The number of carbonyl (C=O) groups excluding carboxylic acids is 1. The van der Waals surface area contributed by atoms with Crippen LogP contribution in [0.2, 0.25) is 0 Å². The molecular weight excluding hydrogens is 403 g/mol. The minimum Gasteiger partial charge on any atom is -0.493 e. The van der Waals surface area contributed by atoms with E-state index in [4.69, 9.17) is 14.2 Å². The number of ether oxygens (including phenoxy) is 3. The second-order valence-corrected chi connectivity index (χ2v) is 6.08. The fraction of sp³-hybridized carbons (Fsp3) is 0.300. The van der Waals surface area contributed by atoms with E-state index in [9.17, 15) is 18.0 Å². The van der Waals surface area contributed by atoms with Gasteiger partial charge in [0.15, 0.2) is 11.5 Å². The smallest absolute Gasteiger partial charge is 0.416 e. The van der Waals surface area contributed by atoms with Crippen molar-refractivity contribution in [1.29, 1.82) is 0 Å². The molecule has 2 aromatic carbocycles. The van der Waals surface area contributed by atoms with E-state index in [-0.39, 0.29) is 12.2 Å². The summed E-state index contributed by atoms with van der Waals surface area (Å²) in [5.74, 6) is 0.753. The van der Waals surface area contributed by atoms with E-state index < -0.39 is 17.6 Å². The molecule has 2 rings (SSSR count). The number of amides is 1. The van der Waals surface area contributed by atoms with Gasteiger partial charge in [0, 0.05) is 11.3 Å². The number of methoxy groups -OCH3 is 3. The van der Waals surface area contributed by atoms with Crippen LogP contribution in [-0.2, 0) is 11.0 Å². The summed E-state index contributed by atoms with van der Waals surface area (Å²) in [5.41, 5.74) is 2.80. The molecule has 0 atom stereocenters. The molecule has 2 aromatic rings. The van der Waals surface area contributed by atoms with Crippen molar-refractivity contribution in [3.63, 3.8) is 0 Å². The van der Waals surface area contributed by atoms with Gasteiger partial charge in [0.25, 0.3) is 5.91 Å². The third-order valence-corrected chi connectivity index (χ3v) is 4.07. The number of hydrogen-bond donors (Lipinski definition) is 2.